The van der Waals surface area contributed by atoms with Crippen LogP contribution in [0.5, 0.6) is 0 Å². The number of aromatic nitrogens is 1. The van der Waals surface area contributed by atoms with E-state index in [1.807, 2.05) is 22.7 Å². The molecular weight excluding hydrogens is 523 g/mol. The van der Waals surface area contributed by atoms with E-state index in [0.717, 1.165) is 16.8 Å². The molecule has 0 atom stereocenters. The van der Waals surface area contributed by atoms with E-state index < -0.39 is 0 Å². The van der Waals surface area contributed by atoms with Crippen molar-refractivity contribution in [1.82, 2.24) is 4.98 Å². The number of nitrogens with zero attached hydrogens (tertiary/aromatic N) is 1. The molecular formula is C37H21NS2. The SMILES string of the molecule is c1ccc(-c2nc3ccccc3c3c2ccc2c3sc3cccc(-c4ccc5c(c4)sc4ccccc45)c32)cc1. The number of rotatable bonds is 2. The maximum Gasteiger partial charge on any atom is 0.0788 e. The van der Waals surface area contributed by atoms with Gasteiger partial charge in [0.25, 0.3) is 0 Å². The Morgan fingerprint density at radius 3 is 2.08 bits per heavy atom. The molecule has 0 saturated heterocycles. The zero-order valence-corrected chi connectivity index (χ0v) is 23.0. The summed E-state index contributed by atoms with van der Waals surface area (Å²) in [5.41, 5.74) is 5.80. The molecule has 6 aromatic carbocycles. The highest BCUT2D eigenvalue weighted by molar-refractivity contribution is 7.27. The lowest BCUT2D eigenvalue weighted by molar-refractivity contribution is 1.43. The van der Waals surface area contributed by atoms with E-state index in [-0.39, 0.29) is 0 Å². The highest BCUT2D eigenvalue weighted by atomic mass is 32.1. The number of benzene rings is 6. The molecule has 0 aliphatic rings. The van der Waals surface area contributed by atoms with Crippen LogP contribution in [0.3, 0.4) is 0 Å². The first-order valence-electron chi connectivity index (χ1n) is 13.5. The zero-order valence-electron chi connectivity index (χ0n) is 21.4. The van der Waals surface area contributed by atoms with Crippen LogP contribution in [0.4, 0.5) is 0 Å². The maximum atomic E-state index is 5.15. The summed E-state index contributed by atoms with van der Waals surface area (Å²) in [4.78, 5) is 5.15. The molecule has 40 heavy (non-hydrogen) atoms. The lowest BCUT2D eigenvalue weighted by Crippen LogP contribution is -1.89. The third-order valence-electron chi connectivity index (χ3n) is 8.06. The van der Waals surface area contributed by atoms with Gasteiger partial charge in [-0.2, -0.15) is 0 Å². The Hall–Kier alpha value is -4.57. The fourth-order valence-corrected chi connectivity index (χ4v) is 8.70. The molecule has 0 fully saturated rings. The lowest BCUT2D eigenvalue weighted by Gasteiger charge is -2.11. The third kappa shape index (κ3) is 3.16. The maximum absolute atomic E-state index is 5.15. The fourth-order valence-electron chi connectivity index (χ4n) is 6.27. The Labute approximate surface area is 238 Å². The monoisotopic (exact) mass is 543 g/mol. The quantitative estimate of drug-likeness (QED) is 0.198. The molecule has 3 heterocycles. The number of fused-ring (bicyclic) bond motifs is 10. The first-order valence-corrected chi connectivity index (χ1v) is 15.1. The molecule has 3 heteroatoms. The van der Waals surface area contributed by atoms with E-state index in [0.29, 0.717) is 0 Å². The molecule has 1 nitrogen and oxygen atoms in total. The smallest absolute Gasteiger partial charge is 0.0788 e. The van der Waals surface area contributed by atoms with Crippen molar-refractivity contribution in [2.45, 2.75) is 0 Å². The molecule has 9 aromatic rings. The van der Waals surface area contributed by atoms with Crippen molar-refractivity contribution in [3.63, 3.8) is 0 Å². The Morgan fingerprint density at radius 2 is 1.15 bits per heavy atom. The normalized spacial score (nSPS) is 12.0. The van der Waals surface area contributed by atoms with Gasteiger partial charge in [0.15, 0.2) is 0 Å². The molecule has 0 saturated carbocycles. The van der Waals surface area contributed by atoms with Crippen molar-refractivity contribution in [3.8, 4) is 22.4 Å². The summed E-state index contributed by atoms with van der Waals surface area (Å²) in [7, 11) is 0. The van der Waals surface area contributed by atoms with Gasteiger partial charge in [0.2, 0.25) is 0 Å². The van der Waals surface area contributed by atoms with Crippen LogP contribution in [-0.2, 0) is 0 Å². The highest BCUT2D eigenvalue weighted by Gasteiger charge is 2.18. The van der Waals surface area contributed by atoms with Crippen LogP contribution in [0.25, 0.3) is 84.4 Å². The first kappa shape index (κ1) is 22.3. The number of hydrogen-bond acceptors (Lipinski definition) is 3. The summed E-state index contributed by atoms with van der Waals surface area (Å²) < 4.78 is 5.33. The molecule has 0 N–H and O–H groups in total. The van der Waals surface area contributed by atoms with Gasteiger partial charge in [-0.25, -0.2) is 4.98 Å². The van der Waals surface area contributed by atoms with E-state index in [4.69, 9.17) is 4.98 Å². The van der Waals surface area contributed by atoms with Crippen LogP contribution in [0.1, 0.15) is 0 Å². The average Bonchev–Trinajstić information content (AvgIpc) is 3.59. The number of thiophene rings is 2. The van der Waals surface area contributed by atoms with E-state index in [1.54, 1.807) is 0 Å². The second-order valence-corrected chi connectivity index (χ2v) is 12.4. The molecule has 0 amide bonds. The molecule has 0 aliphatic heterocycles. The van der Waals surface area contributed by atoms with Crippen LogP contribution < -0.4 is 0 Å². The first-order chi connectivity index (χ1) is 19.8. The Balaban J connectivity index is 1.37. The van der Waals surface area contributed by atoms with Crippen molar-refractivity contribution >= 4 is 84.7 Å². The third-order valence-corrected chi connectivity index (χ3v) is 10.4. The predicted molar refractivity (Wildman–Crippen MR) is 176 cm³/mol. The summed E-state index contributed by atoms with van der Waals surface area (Å²) in [5, 5.41) is 9.05. The van der Waals surface area contributed by atoms with Gasteiger partial charge in [0.05, 0.1) is 11.2 Å². The van der Waals surface area contributed by atoms with Crippen LogP contribution in [0.15, 0.2) is 127 Å². The minimum Gasteiger partial charge on any atom is -0.247 e. The van der Waals surface area contributed by atoms with Gasteiger partial charge in [-0.3, -0.25) is 0 Å². The summed E-state index contributed by atoms with van der Waals surface area (Å²) >= 11 is 3.78. The summed E-state index contributed by atoms with van der Waals surface area (Å²) in [6.07, 6.45) is 0. The fraction of sp³-hybridized carbons (Fsp3) is 0. The van der Waals surface area contributed by atoms with Crippen molar-refractivity contribution in [1.29, 1.82) is 0 Å². The molecule has 9 rings (SSSR count). The zero-order chi connectivity index (χ0) is 26.2. The van der Waals surface area contributed by atoms with Gasteiger partial charge in [-0.15, -0.1) is 22.7 Å². The van der Waals surface area contributed by atoms with Gasteiger partial charge < -0.3 is 0 Å². The lowest BCUT2D eigenvalue weighted by atomic mass is 9.95. The predicted octanol–water partition coefficient (Wildman–Crippen LogP) is 11.5. The highest BCUT2D eigenvalue weighted by Crippen LogP contribution is 2.46. The molecule has 0 unspecified atom stereocenters. The molecule has 0 aliphatic carbocycles. The van der Waals surface area contributed by atoms with E-state index >= 15 is 0 Å². The second kappa shape index (κ2) is 8.46. The van der Waals surface area contributed by atoms with Crippen LogP contribution in [0, 0.1) is 0 Å². The summed E-state index contributed by atoms with van der Waals surface area (Å²) in [5.74, 6) is 0. The number of pyridine rings is 1. The molecule has 0 bridgehead atoms. The van der Waals surface area contributed by atoms with Gasteiger partial charge >= 0.3 is 0 Å². The molecule has 0 spiro atoms. The van der Waals surface area contributed by atoms with Gasteiger partial charge in [-0.05, 0) is 35.4 Å². The van der Waals surface area contributed by atoms with Gasteiger partial charge in [-0.1, -0.05) is 103 Å². The van der Waals surface area contributed by atoms with E-state index in [1.165, 1.54) is 67.6 Å². The molecule has 186 valence electrons. The largest absolute Gasteiger partial charge is 0.247 e. The van der Waals surface area contributed by atoms with Crippen LogP contribution in [-0.4, -0.2) is 4.98 Å². The Morgan fingerprint density at radius 1 is 0.425 bits per heavy atom. The number of para-hydroxylation sites is 1. The second-order valence-electron chi connectivity index (χ2n) is 10.3. The molecule has 0 radical (unpaired) electrons. The van der Waals surface area contributed by atoms with E-state index in [2.05, 4.69) is 127 Å². The van der Waals surface area contributed by atoms with Gasteiger partial charge in [0.1, 0.15) is 0 Å². The standard InChI is InChI=1S/C37H21NS2/c1-2-9-22(10-3-1)36-28-19-20-29-34-24(23-17-18-26-25-11-5-7-15-31(25)39-33(26)21-23)13-8-16-32(34)40-37(29)35(28)27-12-4-6-14-30(27)38-36/h1-21H. The van der Waals surface area contributed by atoms with Gasteiger partial charge in [0, 0.05) is 62.1 Å². The van der Waals surface area contributed by atoms with Crippen molar-refractivity contribution in [2.24, 2.45) is 0 Å². The summed E-state index contributed by atoms with van der Waals surface area (Å²) in [6.45, 7) is 0. The minimum absolute atomic E-state index is 1.04. The Bertz CT molecular complexity index is 2430. The summed E-state index contributed by atoms with van der Waals surface area (Å²) in [6, 6.07) is 46.2. The van der Waals surface area contributed by atoms with E-state index in [9.17, 15) is 0 Å². The van der Waals surface area contributed by atoms with Crippen molar-refractivity contribution in [3.05, 3.63) is 127 Å². The van der Waals surface area contributed by atoms with Crippen LogP contribution >= 0.6 is 22.7 Å². The average molecular weight is 544 g/mol. The minimum atomic E-state index is 1.04. The number of hydrogen-bond donors (Lipinski definition) is 0. The van der Waals surface area contributed by atoms with Crippen molar-refractivity contribution < 1.29 is 0 Å². The molecule has 3 aromatic heterocycles. The van der Waals surface area contributed by atoms with Crippen LogP contribution in [0.2, 0.25) is 0 Å². The Kier molecular flexibility index (Phi) is 4.71. The van der Waals surface area contributed by atoms with Crippen molar-refractivity contribution in [2.75, 3.05) is 0 Å². The topological polar surface area (TPSA) is 12.9 Å².